The fourth-order valence-corrected chi connectivity index (χ4v) is 4.78. The predicted octanol–water partition coefficient (Wildman–Crippen LogP) is 4.02. The van der Waals surface area contributed by atoms with Crippen molar-refractivity contribution < 1.29 is 4.79 Å². The van der Waals surface area contributed by atoms with Crippen LogP contribution in [0.15, 0.2) is 16.6 Å². The molecule has 0 amide bonds. The lowest BCUT2D eigenvalue weighted by Gasteiger charge is -2.29. The fraction of sp³-hybridized carbons (Fsp3) is 0.429. The van der Waals surface area contributed by atoms with Crippen LogP contribution in [0.3, 0.4) is 0 Å². The first-order valence-corrected chi connectivity index (χ1v) is 8.28. The van der Waals surface area contributed by atoms with E-state index in [1.54, 1.807) is 23.1 Å². The first-order valence-electron chi connectivity index (χ1n) is 6.24. The number of hydrogen-bond acceptors (Lipinski definition) is 4. The van der Waals surface area contributed by atoms with Crippen molar-refractivity contribution >= 4 is 28.9 Å². The number of ketones is 1. The van der Waals surface area contributed by atoms with Gasteiger partial charge in [-0.15, -0.1) is 23.1 Å². The van der Waals surface area contributed by atoms with Gasteiger partial charge in [-0.25, -0.2) is 0 Å². The van der Waals surface area contributed by atoms with Crippen molar-refractivity contribution in [2.45, 2.75) is 30.9 Å². The second-order valence-electron chi connectivity index (χ2n) is 5.70. The van der Waals surface area contributed by atoms with Gasteiger partial charge in [-0.2, -0.15) is 5.10 Å². The highest BCUT2D eigenvalue weighted by molar-refractivity contribution is 8.00. The predicted molar refractivity (Wildman–Crippen MR) is 80.1 cm³/mol. The Labute approximate surface area is 120 Å². The molecule has 0 fully saturated rings. The summed E-state index contributed by atoms with van der Waals surface area (Å²) in [5.41, 5.74) is 3.33. The average Bonchev–Trinajstić information content (AvgIpc) is 2.93. The summed E-state index contributed by atoms with van der Waals surface area (Å²) >= 11 is 3.39. The van der Waals surface area contributed by atoms with Crippen LogP contribution in [0, 0.1) is 5.41 Å². The molecular formula is C14H16N2OS2. The number of rotatable bonds is 2. The van der Waals surface area contributed by atoms with Crippen LogP contribution >= 0.6 is 23.1 Å². The van der Waals surface area contributed by atoms with Crippen molar-refractivity contribution in [2.75, 3.05) is 6.26 Å². The molecule has 2 aromatic heterocycles. The third-order valence-corrected chi connectivity index (χ3v) is 5.89. The highest BCUT2D eigenvalue weighted by Crippen LogP contribution is 2.47. The third-order valence-electron chi connectivity index (χ3n) is 3.49. The normalized spacial score (nSPS) is 17.5. The molecule has 3 nitrogen and oxygen atoms in total. The van der Waals surface area contributed by atoms with E-state index in [1.165, 1.54) is 10.4 Å². The molecule has 2 aromatic rings. The Balaban J connectivity index is 2.21. The van der Waals surface area contributed by atoms with Gasteiger partial charge in [0.2, 0.25) is 0 Å². The smallest absolute Gasteiger partial charge is 0.165 e. The van der Waals surface area contributed by atoms with Crippen molar-refractivity contribution in [1.29, 1.82) is 0 Å². The molecule has 0 spiro atoms. The molecular weight excluding hydrogens is 276 g/mol. The van der Waals surface area contributed by atoms with Gasteiger partial charge in [-0.3, -0.25) is 9.89 Å². The Bertz CT molecular complexity index is 626. The van der Waals surface area contributed by atoms with E-state index in [4.69, 9.17) is 0 Å². The third kappa shape index (κ3) is 2.15. The Morgan fingerprint density at radius 1 is 1.42 bits per heavy atom. The van der Waals surface area contributed by atoms with E-state index in [-0.39, 0.29) is 5.41 Å². The molecule has 0 aliphatic heterocycles. The molecule has 1 aliphatic carbocycles. The summed E-state index contributed by atoms with van der Waals surface area (Å²) < 4.78 is 1.15. The first-order chi connectivity index (χ1) is 9.02. The highest BCUT2D eigenvalue weighted by atomic mass is 32.2. The molecule has 1 aliphatic rings. The Hall–Kier alpha value is -1.07. The van der Waals surface area contributed by atoms with E-state index in [9.17, 15) is 4.79 Å². The van der Waals surface area contributed by atoms with E-state index in [1.807, 2.05) is 18.6 Å². The van der Waals surface area contributed by atoms with Gasteiger partial charge in [0.05, 0.1) is 10.4 Å². The molecule has 0 saturated heterocycles. The summed E-state index contributed by atoms with van der Waals surface area (Å²) in [4.78, 5) is 13.6. The molecule has 5 heteroatoms. The van der Waals surface area contributed by atoms with Crippen molar-refractivity contribution in [3.63, 3.8) is 0 Å². The number of aromatic amines is 1. The molecule has 3 rings (SSSR count). The van der Waals surface area contributed by atoms with Gasteiger partial charge in [-0.05, 0) is 23.7 Å². The quantitative estimate of drug-likeness (QED) is 0.850. The fourth-order valence-electron chi connectivity index (χ4n) is 2.71. The minimum absolute atomic E-state index is 0.0549. The van der Waals surface area contributed by atoms with Gasteiger partial charge in [0.15, 0.2) is 5.78 Å². The molecule has 2 heterocycles. The van der Waals surface area contributed by atoms with Crippen LogP contribution in [0.4, 0.5) is 0 Å². The Morgan fingerprint density at radius 2 is 2.21 bits per heavy atom. The number of fused-ring (bicyclic) bond motifs is 1. The van der Waals surface area contributed by atoms with Crippen LogP contribution in [0.2, 0.25) is 0 Å². The number of H-pyrrole nitrogens is 1. The number of thioether (sulfide) groups is 1. The van der Waals surface area contributed by atoms with Crippen LogP contribution in [0.5, 0.6) is 0 Å². The minimum atomic E-state index is 0.0549. The van der Waals surface area contributed by atoms with Gasteiger partial charge >= 0.3 is 0 Å². The number of aromatic nitrogens is 2. The van der Waals surface area contributed by atoms with Crippen LogP contribution in [0.25, 0.3) is 10.4 Å². The Kier molecular flexibility index (Phi) is 3.06. The number of carbonyl (C=O) groups is 1. The zero-order chi connectivity index (χ0) is 13.6. The topological polar surface area (TPSA) is 45.8 Å². The molecule has 0 unspecified atom stereocenters. The van der Waals surface area contributed by atoms with Gasteiger partial charge in [-0.1, -0.05) is 13.8 Å². The maximum absolute atomic E-state index is 12.4. The zero-order valence-corrected chi connectivity index (χ0v) is 12.9. The molecule has 1 N–H and O–H groups in total. The van der Waals surface area contributed by atoms with E-state index in [0.717, 1.165) is 21.8 Å². The lowest BCUT2D eigenvalue weighted by Crippen LogP contribution is -2.26. The number of hydrogen-bond donors (Lipinski definition) is 1. The van der Waals surface area contributed by atoms with E-state index < -0.39 is 0 Å². The highest BCUT2D eigenvalue weighted by Gasteiger charge is 2.36. The molecule has 0 radical (unpaired) electrons. The van der Waals surface area contributed by atoms with Crippen LogP contribution in [-0.2, 0) is 6.42 Å². The maximum atomic E-state index is 12.4. The number of thiophene rings is 1. The van der Waals surface area contributed by atoms with E-state index in [2.05, 4.69) is 24.0 Å². The van der Waals surface area contributed by atoms with Gasteiger partial charge in [0.1, 0.15) is 0 Å². The molecule has 19 heavy (non-hydrogen) atoms. The summed E-state index contributed by atoms with van der Waals surface area (Å²) in [6, 6.07) is 0. The van der Waals surface area contributed by atoms with Gasteiger partial charge in [0, 0.05) is 28.6 Å². The lowest BCUT2D eigenvalue weighted by atomic mass is 9.74. The molecule has 0 bridgehead atoms. The molecule has 0 atom stereocenters. The van der Waals surface area contributed by atoms with E-state index in [0.29, 0.717) is 12.2 Å². The summed E-state index contributed by atoms with van der Waals surface area (Å²) in [6.07, 6.45) is 7.39. The second-order valence-corrected chi connectivity index (χ2v) is 7.80. The summed E-state index contributed by atoms with van der Waals surface area (Å²) in [5.74, 6) is 0.293. The largest absolute Gasteiger partial charge is 0.294 e. The van der Waals surface area contributed by atoms with Crippen molar-refractivity contribution in [1.82, 2.24) is 10.2 Å². The second kappa shape index (κ2) is 4.49. The summed E-state index contributed by atoms with van der Waals surface area (Å²) in [6.45, 7) is 4.34. The minimum Gasteiger partial charge on any atom is -0.294 e. The van der Waals surface area contributed by atoms with Crippen molar-refractivity contribution in [3.8, 4) is 10.4 Å². The molecule has 0 saturated carbocycles. The SMILES string of the molecule is CSc1sc(-c2cn[nH]c2)c2c1C(=O)CC(C)(C)C2. The first kappa shape index (κ1) is 12.9. The van der Waals surface area contributed by atoms with E-state index >= 15 is 0 Å². The summed E-state index contributed by atoms with van der Waals surface area (Å²) in [7, 11) is 0. The molecule has 0 aromatic carbocycles. The summed E-state index contributed by atoms with van der Waals surface area (Å²) in [5, 5.41) is 6.89. The number of nitrogens with zero attached hydrogens (tertiary/aromatic N) is 1. The van der Waals surface area contributed by atoms with Crippen molar-refractivity contribution in [2.24, 2.45) is 5.41 Å². The monoisotopic (exact) mass is 292 g/mol. The zero-order valence-electron chi connectivity index (χ0n) is 11.2. The number of nitrogens with one attached hydrogen (secondary N) is 1. The van der Waals surface area contributed by atoms with Crippen LogP contribution in [0.1, 0.15) is 36.2 Å². The van der Waals surface area contributed by atoms with Gasteiger partial charge in [0.25, 0.3) is 0 Å². The standard InChI is InChI=1S/C14H16N2OS2/c1-14(2)4-9-11(10(17)5-14)13(18-3)19-12(9)8-6-15-16-7-8/h6-7H,4-5H2,1-3H3,(H,15,16). The molecule has 100 valence electrons. The van der Waals surface area contributed by atoms with Crippen molar-refractivity contribution in [3.05, 3.63) is 23.5 Å². The van der Waals surface area contributed by atoms with Crippen LogP contribution < -0.4 is 0 Å². The Morgan fingerprint density at radius 3 is 2.84 bits per heavy atom. The van der Waals surface area contributed by atoms with Gasteiger partial charge < -0.3 is 0 Å². The number of carbonyl (C=O) groups excluding carboxylic acids is 1. The number of Topliss-reactive ketones (excluding diaryl/α,β-unsaturated/α-hetero) is 1. The lowest BCUT2D eigenvalue weighted by molar-refractivity contribution is 0.0910. The van der Waals surface area contributed by atoms with Crippen LogP contribution in [-0.4, -0.2) is 22.2 Å². The average molecular weight is 292 g/mol. The maximum Gasteiger partial charge on any atom is 0.165 e.